The first-order valence-corrected chi connectivity index (χ1v) is 5.29. The lowest BCUT2D eigenvalue weighted by molar-refractivity contribution is -0.128. The molecule has 1 aliphatic heterocycles. The highest BCUT2D eigenvalue weighted by atomic mass is 79.9. The number of allylic oxidation sites excluding steroid dienone is 1. The van der Waals surface area contributed by atoms with Crippen LogP contribution < -0.4 is 5.73 Å². The van der Waals surface area contributed by atoms with Gasteiger partial charge >= 0.3 is 0 Å². The van der Waals surface area contributed by atoms with Crippen molar-refractivity contribution < 1.29 is 4.79 Å². The number of rotatable bonds is 1. The zero-order valence-corrected chi connectivity index (χ0v) is 9.73. The second-order valence-corrected chi connectivity index (χ2v) is 4.15. The van der Waals surface area contributed by atoms with E-state index in [0.29, 0.717) is 6.54 Å². The fraction of sp³-hybridized carbons (Fsp3) is 0.556. The van der Waals surface area contributed by atoms with Crippen LogP contribution in [-0.4, -0.2) is 28.5 Å². The molecule has 1 amide bonds. The normalized spacial score (nSPS) is 18.0. The summed E-state index contributed by atoms with van der Waals surface area (Å²) in [6.45, 7) is 2.71. The van der Waals surface area contributed by atoms with Crippen molar-refractivity contribution in [2.45, 2.75) is 19.8 Å². The van der Waals surface area contributed by atoms with Gasteiger partial charge in [-0.25, -0.2) is 0 Å². The highest BCUT2D eigenvalue weighted by Gasteiger charge is 2.18. The Morgan fingerprint density at radius 2 is 2.29 bits per heavy atom. The monoisotopic (exact) mass is 259 g/mol. The van der Waals surface area contributed by atoms with Crippen molar-refractivity contribution in [1.82, 2.24) is 4.90 Å². The molecule has 1 aliphatic rings. The Bertz CT molecular complexity index is 298. The van der Waals surface area contributed by atoms with Crippen molar-refractivity contribution >= 4 is 26.5 Å². The molecule has 0 unspecified atom stereocenters. The molecule has 0 bridgehead atoms. The Labute approximate surface area is 91.8 Å². The van der Waals surface area contributed by atoms with E-state index in [2.05, 4.69) is 15.9 Å². The number of carbonyl (C=O) groups excluding carboxylic acids is 1. The Kier molecular flexibility index (Phi) is 3.69. The van der Waals surface area contributed by atoms with Crippen LogP contribution in [0.15, 0.2) is 11.3 Å². The molecule has 78 valence electrons. The van der Waals surface area contributed by atoms with Gasteiger partial charge in [0, 0.05) is 31.3 Å². The molecule has 4 nitrogen and oxygen atoms in total. The van der Waals surface area contributed by atoms with Crippen molar-refractivity contribution in [2.24, 2.45) is 5.73 Å². The highest BCUT2D eigenvalue weighted by molar-refractivity contribution is 9.18. The molecule has 0 aromatic heterocycles. The Hall–Kier alpha value is -0.840. The van der Waals surface area contributed by atoms with Gasteiger partial charge in [-0.2, -0.15) is 0 Å². The number of hydrogen-bond donors (Lipinski definition) is 2. The van der Waals surface area contributed by atoms with Crippen LogP contribution in [0.25, 0.3) is 0 Å². The standard InChI is InChI=1S/C9H14BrN3O/c1-6(14)13-4-2-3-8(11)7(5-13)9(10)12/h12H,2-5,11H2,1H3. The van der Waals surface area contributed by atoms with Crippen LogP contribution in [0.3, 0.4) is 0 Å². The quantitative estimate of drug-likeness (QED) is 0.696. The van der Waals surface area contributed by atoms with E-state index >= 15 is 0 Å². The van der Waals surface area contributed by atoms with E-state index in [1.54, 1.807) is 4.90 Å². The molecule has 14 heavy (non-hydrogen) atoms. The van der Waals surface area contributed by atoms with Crippen LogP contribution >= 0.6 is 15.9 Å². The third-order valence-corrected chi connectivity index (χ3v) is 2.80. The van der Waals surface area contributed by atoms with Gasteiger partial charge in [-0.1, -0.05) is 0 Å². The zero-order chi connectivity index (χ0) is 10.7. The fourth-order valence-corrected chi connectivity index (χ4v) is 1.84. The predicted octanol–water partition coefficient (Wildman–Crippen LogP) is 1.21. The van der Waals surface area contributed by atoms with E-state index in [9.17, 15) is 4.79 Å². The zero-order valence-electron chi connectivity index (χ0n) is 8.14. The van der Waals surface area contributed by atoms with Crippen molar-refractivity contribution in [3.63, 3.8) is 0 Å². The average Bonchev–Trinajstić information content (AvgIpc) is 2.26. The predicted molar refractivity (Wildman–Crippen MR) is 59.4 cm³/mol. The van der Waals surface area contributed by atoms with Gasteiger partial charge in [0.05, 0.1) is 0 Å². The van der Waals surface area contributed by atoms with Gasteiger partial charge in [-0.05, 0) is 28.8 Å². The largest absolute Gasteiger partial charge is 0.402 e. The molecule has 0 fully saturated rings. The number of halogens is 1. The van der Waals surface area contributed by atoms with E-state index in [1.807, 2.05) is 0 Å². The molecular formula is C9H14BrN3O. The summed E-state index contributed by atoms with van der Waals surface area (Å²) in [6.07, 6.45) is 1.63. The van der Waals surface area contributed by atoms with Gasteiger partial charge in [0.25, 0.3) is 0 Å². The van der Waals surface area contributed by atoms with E-state index in [1.165, 1.54) is 6.92 Å². The van der Waals surface area contributed by atoms with Gasteiger partial charge in [0.15, 0.2) is 0 Å². The van der Waals surface area contributed by atoms with Crippen LogP contribution in [0.1, 0.15) is 19.8 Å². The SMILES string of the molecule is CC(=O)N1CCCC(N)=C(C(=N)Br)C1. The minimum Gasteiger partial charge on any atom is -0.402 e. The number of nitrogens with zero attached hydrogens (tertiary/aromatic N) is 1. The molecule has 3 N–H and O–H groups in total. The van der Waals surface area contributed by atoms with Crippen LogP contribution in [0.5, 0.6) is 0 Å². The summed E-state index contributed by atoms with van der Waals surface area (Å²) in [4.78, 5) is 12.9. The molecule has 0 radical (unpaired) electrons. The maximum atomic E-state index is 11.2. The second kappa shape index (κ2) is 4.59. The van der Waals surface area contributed by atoms with Gasteiger partial charge in [-0.15, -0.1) is 0 Å². The minimum atomic E-state index is 0.0333. The lowest BCUT2D eigenvalue weighted by Gasteiger charge is -2.19. The molecule has 0 aliphatic carbocycles. The topological polar surface area (TPSA) is 70.2 Å². The van der Waals surface area contributed by atoms with Crippen LogP contribution in [0.2, 0.25) is 0 Å². The first-order valence-electron chi connectivity index (χ1n) is 4.49. The molecule has 0 aromatic carbocycles. The van der Waals surface area contributed by atoms with Crippen LogP contribution in [-0.2, 0) is 4.79 Å². The second-order valence-electron chi connectivity index (χ2n) is 3.36. The van der Waals surface area contributed by atoms with Crippen LogP contribution in [0.4, 0.5) is 0 Å². The molecule has 0 saturated heterocycles. The van der Waals surface area contributed by atoms with Crippen molar-refractivity contribution in [3.05, 3.63) is 11.3 Å². The summed E-state index contributed by atoms with van der Waals surface area (Å²) in [5, 5.41) is 7.49. The van der Waals surface area contributed by atoms with E-state index in [0.717, 1.165) is 30.7 Å². The maximum Gasteiger partial charge on any atom is 0.219 e. The molecule has 1 heterocycles. The van der Waals surface area contributed by atoms with E-state index in [4.69, 9.17) is 11.1 Å². The number of nitrogens with two attached hydrogens (primary N) is 1. The third kappa shape index (κ3) is 2.57. The smallest absolute Gasteiger partial charge is 0.219 e. The summed E-state index contributed by atoms with van der Waals surface area (Å²) in [7, 11) is 0. The van der Waals surface area contributed by atoms with E-state index < -0.39 is 0 Å². The van der Waals surface area contributed by atoms with Gasteiger partial charge in [-0.3, -0.25) is 10.2 Å². The fourth-order valence-electron chi connectivity index (χ4n) is 1.46. The van der Waals surface area contributed by atoms with Crippen LogP contribution in [0, 0.1) is 5.41 Å². The minimum absolute atomic E-state index is 0.0333. The van der Waals surface area contributed by atoms with Crippen molar-refractivity contribution in [3.8, 4) is 0 Å². The molecule has 0 atom stereocenters. The molecule has 5 heteroatoms. The third-order valence-electron chi connectivity index (χ3n) is 2.32. The molecule has 0 saturated carbocycles. The Balaban J connectivity index is 2.87. The van der Waals surface area contributed by atoms with Gasteiger partial charge in [0.2, 0.25) is 5.91 Å². The highest BCUT2D eigenvalue weighted by Crippen LogP contribution is 2.17. The van der Waals surface area contributed by atoms with Crippen molar-refractivity contribution in [1.29, 1.82) is 5.41 Å². The summed E-state index contributed by atoms with van der Waals surface area (Å²) in [6, 6.07) is 0. The lowest BCUT2D eigenvalue weighted by Crippen LogP contribution is -2.31. The average molecular weight is 260 g/mol. The van der Waals surface area contributed by atoms with Gasteiger partial charge in [0.1, 0.15) is 4.62 Å². The molecule has 0 spiro atoms. The number of nitrogens with one attached hydrogen (secondary N) is 1. The molecule has 1 rings (SSSR count). The molecule has 0 aromatic rings. The van der Waals surface area contributed by atoms with E-state index in [-0.39, 0.29) is 10.5 Å². The summed E-state index contributed by atoms with van der Waals surface area (Å²) >= 11 is 3.10. The Morgan fingerprint density at radius 1 is 1.64 bits per heavy atom. The van der Waals surface area contributed by atoms with Gasteiger partial charge < -0.3 is 10.6 Å². The van der Waals surface area contributed by atoms with Crippen molar-refractivity contribution in [2.75, 3.05) is 13.1 Å². The summed E-state index contributed by atoms with van der Waals surface area (Å²) in [5.41, 5.74) is 7.27. The first-order chi connectivity index (χ1) is 6.52. The number of amides is 1. The number of hydrogen-bond acceptors (Lipinski definition) is 3. The maximum absolute atomic E-state index is 11.2. The number of carbonyl (C=O) groups is 1. The Morgan fingerprint density at radius 3 is 2.79 bits per heavy atom. The lowest BCUT2D eigenvalue weighted by atomic mass is 10.2. The molecular weight excluding hydrogens is 246 g/mol. The first kappa shape index (κ1) is 11.2. The summed E-state index contributed by atoms with van der Waals surface area (Å²) < 4.78 is 0.281. The summed E-state index contributed by atoms with van der Waals surface area (Å²) in [5.74, 6) is 0.0333.